The van der Waals surface area contributed by atoms with E-state index in [1.165, 1.54) is 12.6 Å². The average molecular weight is 360 g/mol. The monoisotopic (exact) mass is 359 g/mol. The van der Waals surface area contributed by atoms with Crippen LogP contribution in [0.2, 0.25) is 5.02 Å². The summed E-state index contributed by atoms with van der Waals surface area (Å²) in [6.45, 7) is 1.96. The van der Waals surface area contributed by atoms with Crippen LogP contribution < -0.4 is 16.0 Å². The van der Waals surface area contributed by atoms with Gasteiger partial charge in [-0.3, -0.25) is 4.79 Å². The number of carbonyl (C=O) groups is 2. The molecule has 132 valence electrons. The molecule has 2 aromatic carbocycles. The molecule has 1 unspecified atom stereocenters. The molecule has 25 heavy (non-hydrogen) atoms. The normalized spacial score (nSPS) is 11.5. The Kier molecular flexibility index (Phi) is 6.83. The zero-order valence-electron chi connectivity index (χ0n) is 14.3. The van der Waals surface area contributed by atoms with Crippen molar-refractivity contribution in [3.05, 3.63) is 64.7 Å². The van der Waals surface area contributed by atoms with Gasteiger partial charge in [0.1, 0.15) is 0 Å². The first-order valence-corrected chi connectivity index (χ1v) is 8.50. The molecule has 2 rings (SSSR count). The summed E-state index contributed by atoms with van der Waals surface area (Å²) in [5.74, 6) is -0.268. The Balaban J connectivity index is 1.85. The summed E-state index contributed by atoms with van der Waals surface area (Å²) in [4.78, 5) is 23.7. The third-order valence-electron chi connectivity index (χ3n) is 3.78. The van der Waals surface area contributed by atoms with E-state index in [-0.39, 0.29) is 23.0 Å². The average Bonchev–Trinajstić information content (AvgIpc) is 2.60. The number of hydrogen-bond acceptors (Lipinski definition) is 2. The summed E-state index contributed by atoms with van der Waals surface area (Å²) in [5.41, 5.74) is 2.14. The highest BCUT2D eigenvalue weighted by Gasteiger charge is 2.11. The summed E-state index contributed by atoms with van der Waals surface area (Å²) < 4.78 is 0. The lowest BCUT2D eigenvalue weighted by Crippen LogP contribution is -2.36. The summed E-state index contributed by atoms with van der Waals surface area (Å²) >= 11 is 6.08. The Labute approximate surface area is 152 Å². The van der Waals surface area contributed by atoms with Crippen molar-refractivity contribution in [3.63, 3.8) is 0 Å². The van der Waals surface area contributed by atoms with Crippen molar-refractivity contribution in [3.8, 4) is 0 Å². The fraction of sp³-hybridized carbons (Fsp3) is 0.263. The van der Waals surface area contributed by atoms with Crippen LogP contribution in [-0.4, -0.2) is 25.0 Å². The second-order valence-corrected chi connectivity index (χ2v) is 6.20. The van der Waals surface area contributed by atoms with Crippen molar-refractivity contribution in [2.24, 2.45) is 0 Å². The minimum Gasteiger partial charge on any atom is -0.355 e. The highest BCUT2D eigenvalue weighted by atomic mass is 35.5. The number of urea groups is 1. The number of anilines is 1. The Bertz CT molecular complexity index is 735. The van der Waals surface area contributed by atoms with Crippen molar-refractivity contribution in [2.45, 2.75) is 25.8 Å². The summed E-state index contributed by atoms with van der Waals surface area (Å²) in [7, 11) is 1.54. The summed E-state index contributed by atoms with van der Waals surface area (Å²) in [6.07, 6.45) is 1.74. The molecule has 3 N–H and O–H groups in total. The molecule has 2 aromatic rings. The van der Waals surface area contributed by atoms with E-state index in [1.54, 1.807) is 18.2 Å². The SMILES string of the molecule is CNC(=O)c1ccc(NC(=O)NC(C)CCc2ccccc2)cc1Cl. The van der Waals surface area contributed by atoms with Crippen molar-refractivity contribution in [1.82, 2.24) is 10.6 Å². The minimum atomic E-state index is -0.302. The van der Waals surface area contributed by atoms with Gasteiger partial charge in [0.2, 0.25) is 0 Å². The van der Waals surface area contributed by atoms with Gasteiger partial charge in [-0.15, -0.1) is 0 Å². The van der Waals surface area contributed by atoms with Gasteiger partial charge in [0, 0.05) is 18.8 Å². The topological polar surface area (TPSA) is 70.2 Å². The van der Waals surface area contributed by atoms with Crippen molar-refractivity contribution < 1.29 is 9.59 Å². The maximum Gasteiger partial charge on any atom is 0.319 e. The number of carbonyl (C=O) groups excluding carboxylic acids is 2. The molecule has 0 fully saturated rings. The van der Waals surface area contributed by atoms with Crippen LogP contribution in [0.1, 0.15) is 29.3 Å². The van der Waals surface area contributed by atoms with Crippen LogP contribution in [-0.2, 0) is 6.42 Å². The molecule has 0 aliphatic heterocycles. The molecule has 3 amide bonds. The summed E-state index contributed by atoms with van der Waals surface area (Å²) in [5, 5.41) is 8.42. The predicted molar refractivity (Wildman–Crippen MR) is 101 cm³/mol. The van der Waals surface area contributed by atoms with E-state index in [0.29, 0.717) is 11.3 Å². The highest BCUT2D eigenvalue weighted by Crippen LogP contribution is 2.21. The standard InChI is InChI=1S/C19H22ClN3O2/c1-13(8-9-14-6-4-3-5-7-14)22-19(25)23-15-10-11-16(17(20)12-15)18(24)21-2/h3-7,10-13H,8-9H2,1-2H3,(H,21,24)(H2,22,23,25). The van der Waals surface area contributed by atoms with Crippen LogP contribution in [0, 0.1) is 0 Å². The molecule has 0 heterocycles. The molecule has 0 saturated carbocycles. The van der Waals surface area contributed by atoms with E-state index in [4.69, 9.17) is 11.6 Å². The third-order valence-corrected chi connectivity index (χ3v) is 4.10. The number of aryl methyl sites for hydroxylation is 1. The van der Waals surface area contributed by atoms with Gasteiger partial charge in [0.05, 0.1) is 10.6 Å². The number of hydrogen-bond donors (Lipinski definition) is 3. The number of rotatable bonds is 6. The molecule has 6 heteroatoms. The fourth-order valence-electron chi connectivity index (χ4n) is 2.40. The van der Waals surface area contributed by atoms with Crippen LogP contribution >= 0.6 is 11.6 Å². The first kappa shape index (κ1) is 18.8. The molecule has 0 aliphatic carbocycles. The number of benzene rings is 2. The zero-order chi connectivity index (χ0) is 18.2. The smallest absolute Gasteiger partial charge is 0.319 e. The van der Waals surface area contributed by atoms with Crippen LogP contribution in [0.15, 0.2) is 48.5 Å². The predicted octanol–water partition coefficient (Wildman–Crippen LogP) is 3.84. The first-order chi connectivity index (χ1) is 12.0. The molecule has 0 aromatic heterocycles. The van der Waals surface area contributed by atoms with E-state index in [2.05, 4.69) is 28.1 Å². The van der Waals surface area contributed by atoms with Crippen LogP contribution in [0.3, 0.4) is 0 Å². The van der Waals surface area contributed by atoms with Gasteiger partial charge >= 0.3 is 6.03 Å². The van der Waals surface area contributed by atoms with Gasteiger partial charge in [-0.1, -0.05) is 41.9 Å². The lowest BCUT2D eigenvalue weighted by atomic mass is 10.1. The zero-order valence-corrected chi connectivity index (χ0v) is 15.1. The number of nitrogens with one attached hydrogen (secondary N) is 3. The fourth-order valence-corrected chi connectivity index (χ4v) is 2.67. The molecule has 0 saturated heterocycles. The Morgan fingerprint density at radius 3 is 2.48 bits per heavy atom. The molecule has 1 atom stereocenters. The van der Waals surface area contributed by atoms with E-state index in [0.717, 1.165) is 12.8 Å². The first-order valence-electron chi connectivity index (χ1n) is 8.12. The van der Waals surface area contributed by atoms with Gasteiger partial charge in [0.15, 0.2) is 0 Å². The molecule has 5 nitrogen and oxygen atoms in total. The quantitative estimate of drug-likeness (QED) is 0.733. The number of amides is 3. The van der Waals surface area contributed by atoms with Gasteiger partial charge in [-0.2, -0.15) is 0 Å². The minimum absolute atomic E-state index is 0.0285. The van der Waals surface area contributed by atoms with Gasteiger partial charge < -0.3 is 16.0 Å². The second-order valence-electron chi connectivity index (χ2n) is 5.80. The maximum atomic E-state index is 12.1. The largest absolute Gasteiger partial charge is 0.355 e. The highest BCUT2D eigenvalue weighted by molar-refractivity contribution is 6.34. The van der Waals surface area contributed by atoms with E-state index in [9.17, 15) is 9.59 Å². The molecule has 0 aliphatic rings. The van der Waals surface area contributed by atoms with Crippen molar-refractivity contribution in [2.75, 3.05) is 12.4 Å². The number of halogens is 1. The second kappa shape index (κ2) is 9.08. The van der Waals surface area contributed by atoms with Crippen molar-refractivity contribution in [1.29, 1.82) is 0 Å². The van der Waals surface area contributed by atoms with Gasteiger partial charge in [-0.25, -0.2) is 4.79 Å². The molecule has 0 spiro atoms. The Morgan fingerprint density at radius 1 is 1.12 bits per heavy atom. The maximum absolute atomic E-state index is 12.1. The lowest BCUT2D eigenvalue weighted by Gasteiger charge is -2.15. The molecular formula is C19H22ClN3O2. The van der Waals surface area contributed by atoms with E-state index in [1.807, 2.05) is 25.1 Å². The lowest BCUT2D eigenvalue weighted by molar-refractivity contribution is 0.0963. The molecule has 0 bridgehead atoms. The van der Waals surface area contributed by atoms with Crippen LogP contribution in [0.25, 0.3) is 0 Å². The van der Waals surface area contributed by atoms with Gasteiger partial charge in [-0.05, 0) is 43.5 Å². The van der Waals surface area contributed by atoms with Crippen LogP contribution in [0.4, 0.5) is 10.5 Å². The van der Waals surface area contributed by atoms with Crippen LogP contribution in [0.5, 0.6) is 0 Å². The van der Waals surface area contributed by atoms with Gasteiger partial charge in [0.25, 0.3) is 5.91 Å². The Morgan fingerprint density at radius 2 is 1.84 bits per heavy atom. The molecule has 0 radical (unpaired) electrons. The third kappa shape index (κ3) is 5.80. The van der Waals surface area contributed by atoms with E-state index < -0.39 is 0 Å². The van der Waals surface area contributed by atoms with E-state index >= 15 is 0 Å². The Hall–Kier alpha value is -2.53. The van der Waals surface area contributed by atoms with Crippen molar-refractivity contribution >= 4 is 29.2 Å². The summed E-state index contributed by atoms with van der Waals surface area (Å²) in [6, 6.07) is 14.6. The molecular weight excluding hydrogens is 338 g/mol.